The van der Waals surface area contributed by atoms with E-state index in [0.717, 1.165) is 10.2 Å². The lowest BCUT2D eigenvalue weighted by molar-refractivity contribution is -0.122. The number of benzene rings is 2. The van der Waals surface area contributed by atoms with Gasteiger partial charge in [-0.3, -0.25) is 19.5 Å². The van der Waals surface area contributed by atoms with E-state index in [1.165, 1.54) is 12.1 Å². The molecule has 3 aromatic rings. The number of rotatable bonds is 5. The highest BCUT2D eigenvalue weighted by Crippen LogP contribution is 2.29. The summed E-state index contributed by atoms with van der Waals surface area (Å²) in [4.78, 5) is 37.5. The van der Waals surface area contributed by atoms with Gasteiger partial charge in [-0.15, -0.1) is 0 Å². The molecule has 1 amide bonds. The predicted octanol–water partition coefficient (Wildman–Crippen LogP) is 3.12. The average Bonchev–Trinajstić information content (AvgIpc) is 2.65. The Kier molecular flexibility index (Phi) is 5.68. The minimum atomic E-state index is -0.440. The molecule has 1 aromatic heterocycles. The Morgan fingerprint density at radius 1 is 1.07 bits per heavy atom. The molecule has 1 heterocycles. The third-order valence-corrected chi connectivity index (χ3v) is 4.61. The number of hydrogen-bond donors (Lipinski definition) is 2. The molecule has 2 N–H and O–H groups in total. The number of nitrogens with one attached hydrogen (secondary N) is 2. The molecule has 0 radical (unpaired) electrons. The van der Waals surface area contributed by atoms with Gasteiger partial charge in [0, 0.05) is 0 Å². The number of aromatic nitrogens is 2. The number of carbonyl (C=O) groups is 1. The lowest BCUT2D eigenvalue weighted by atomic mass is 9.85. The second-order valence-electron chi connectivity index (χ2n) is 8.31. The van der Waals surface area contributed by atoms with Crippen LogP contribution < -0.4 is 16.4 Å². The van der Waals surface area contributed by atoms with Crippen molar-refractivity contribution in [3.63, 3.8) is 0 Å². The van der Waals surface area contributed by atoms with Crippen LogP contribution in [-0.2, 0) is 11.3 Å². The minimum absolute atomic E-state index is 0.0968. The van der Waals surface area contributed by atoms with Crippen molar-refractivity contribution in [1.29, 1.82) is 0 Å². The van der Waals surface area contributed by atoms with Crippen LogP contribution in [-0.4, -0.2) is 15.7 Å². The van der Waals surface area contributed by atoms with Crippen LogP contribution in [0.3, 0.4) is 0 Å². The van der Waals surface area contributed by atoms with Gasteiger partial charge in [-0.2, -0.15) is 0 Å². The quantitative estimate of drug-likeness (QED) is 0.694. The Hall–Kier alpha value is -3.22. The molecule has 0 aliphatic heterocycles. The Morgan fingerprint density at radius 2 is 1.69 bits per heavy atom. The zero-order chi connectivity index (χ0) is 21.2. The summed E-state index contributed by atoms with van der Waals surface area (Å²) in [6, 6.07) is 12.1. The van der Waals surface area contributed by atoms with Crippen LogP contribution in [0.5, 0.6) is 0 Å². The van der Waals surface area contributed by atoms with Gasteiger partial charge in [-0.25, -0.2) is 9.07 Å². The number of hydrogen-bond acceptors (Lipinski definition) is 3. The summed E-state index contributed by atoms with van der Waals surface area (Å²) in [5, 5.41) is 5.91. The number of halogens is 1. The highest BCUT2D eigenvalue weighted by atomic mass is 19.1. The molecule has 0 saturated heterocycles. The molecule has 6 nitrogen and oxygen atoms in total. The molecule has 3 rings (SSSR count). The van der Waals surface area contributed by atoms with Gasteiger partial charge in [-0.05, 0) is 41.7 Å². The highest BCUT2D eigenvalue weighted by Gasteiger charge is 2.22. The average molecular weight is 397 g/mol. The maximum atomic E-state index is 13.3. The Labute approximate surface area is 167 Å². The van der Waals surface area contributed by atoms with Crippen molar-refractivity contribution in [2.24, 2.45) is 5.41 Å². The van der Waals surface area contributed by atoms with E-state index in [4.69, 9.17) is 0 Å². The molecule has 0 saturated carbocycles. The third-order valence-electron chi connectivity index (χ3n) is 4.61. The van der Waals surface area contributed by atoms with E-state index in [1.807, 2.05) is 20.8 Å². The first kappa shape index (κ1) is 20.5. The van der Waals surface area contributed by atoms with Crippen LogP contribution in [0.4, 0.5) is 4.39 Å². The fourth-order valence-electron chi connectivity index (χ4n) is 3.30. The number of H-pyrrole nitrogens is 1. The zero-order valence-electron chi connectivity index (χ0n) is 16.7. The SMILES string of the molecule is CC(C)(C)CC(NC(=O)Cn1[nH]c(=O)c2ccccc2c1=O)c1ccc(F)cc1. The standard InChI is InChI=1S/C22H24FN3O3/c1-22(2,3)12-18(14-8-10-15(23)11-9-14)24-19(27)13-26-21(29)17-7-5-4-6-16(17)20(28)25-26/h4-11,18H,12-13H2,1-3H3,(H,24,27)(H,25,28). The van der Waals surface area contributed by atoms with Gasteiger partial charge < -0.3 is 5.32 Å². The van der Waals surface area contributed by atoms with E-state index in [1.54, 1.807) is 36.4 Å². The number of fused-ring (bicyclic) bond motifs is 1. The number of carbonyl (C=O) groups excluding carboxylic acids is 1. The van der Waals surface area contributed by atoms with Crippen LogP contribution in [0.1, 0.15) is 38.8 Å². The second-order valence-corrected chi connectivity index (χ2v) is 8.31. The van der Waals surface area contributed by atoms with Crippen molar-refractivity contribution < 1.29 is 9.18 Å². The predicted molar refractivity (Wildman–Crippen MR) is 110 cm³/mol. The molecule has 0 spiro atoms. The molecule has 0 bridgehead atoms. The molecule has 29 heavy (non-hydrogen) atoms. The molecule has 0 aliphatic carbocycles. The van der Waals surface area contributed by atoms with Crippen LogP contribution in [0.25, 0.3) is 10.8 Å². The molecule has 1 atom stereocenters. The Balaban J connectivity index is 1.86. The lowest BCUT2D eigenvalue weighted by Crippen LogP contribution is -2.38. The summed E-state index contributed by atoms with van der Waals surface area (Å²) in [5.74, 6) is -0.772. The van der Waals surface area contributed by atoms with Crippen LogP contribution >= 0.6 is 0 Å². The molecular weight excluding hydrogens is 373 g/mol. The van der Waals surface area contributed by atoms with Gasteiger partial charge in [-0.1, -0.05) is 45.0 Å². The molecule has 7 heteroatoms. The summed E-state index contributed by atoms with van der Waals surface area (Å²) < 4.78 is 14.3. The van der Waals surface area contributed by atoms with E-state index in [2.05, 4.69) is 10.4 Å². The van der Waals surface area contributed by atoms with Crippen molar-refractivity contribution in [2.45, 2.75) is 39.8 Å². The summed E-state index contributed by atoms with van der Waals surface area (Å²) in [5.41, 5.74) is -0.197. The van der Waals surface area contributed by atoms with Gasteiger partial charge in [0.05, 0.1) is 16.8 Å². The fraction of sp³-hybridized carbons (Fsp3) is 0.318. The van der Waals surface area contributed by atoms with Crippen LogP contribution in [0.2, 0.25) is 0 Å². The smallest absolute Gasteiger partial charge is 0.273 e. The Morgan fingerprint density at radius 3 is 2.31 bits per heavy atom. The molecule has 152 valence electrons. The summed E-state index contributed by atoms with van der Waals surface area (Å²) in [7, 11) is 0. The monoisotopic (exact) mass is 397 g/mol. The molecular formula is C22H24FN3O3. The lowest BCUT2D eigenvalue weighted by Gasteiger charge is -2.27. The maximum absolute atomic E-state index is 13.3. The minimum Gasteiger partial charge on any atom is -0.348 e. The fourth-order valence-corrected chi connectivity index (χ4v) is 3.30. The van der Waals surface area contributed by atoms with Gasteiger partial charge in [0.1, 0.15) is 12.4 Å². The van der Waals surface area contributed by atoms with Gasteiger partial charge in [0.15, 0.2) is 0 Å². The first-order chi connectivity index (χ1) is 13.6. The van der Waals surface area contributed by atoms with Crippen molar-refractivity contribution >= 4 is 16.7 Å². The first-order valence-electron chi connectivity index (χ1n) is 9.41. The molecule has 0 fully saturated rings. The summed E-state index contributed by atoms with van der Waals surface area (Å²) >= 11 is 0. The molecule has 0 aliphatic rings. The number of aromatic amines is 1. The normalized spacial score (nSPS) is 12.7. The second kappa shape index (κ2) is 8.03. The van der Waals surface area contributed by atoms with Gasteiger partial charge >= 0.3 is 0 Å². The van der Waals surface area contributed by atoms with Crippen LogP contribution in [0, 0.1) is 11.2 Å². The summed E-state index contributed by atoms with van der Waals surface area (Å²) in [6.07, 6.45) is 0.619. The third kappa shape index (κ3) is 4.99. The maximum Gasteiger partial charge on any atom is 0.273 e. The molecule has 1 unspecified atom stereocenters. The zero-order valence-corrected chi connectivity index (χ0v) is 16.7. The molecule has 2 aromatic carbocycles. The topological polar surface area (TPSA) is 84.0 Å². The van der Waals surface area contributed by atoms with Gasteiger partial charge in [0.25, 0.3) is 11.1 Å². The highest BCUT2D eigenvalue weighted by molar-refractivity contribution is 5.81. The van der Waals surface area contributed by atoms with Gasteiger partial charge in [0.2, 0.25) is 5.91 Å². The van der Waals surface area contributed by atoms with Crippen LogP contribution in [0.15, 0.2) is 58.1 Å². The van der Waals surface area contributed by atoms with E-state index in [0.29, 0.717) is 6.42 Å². The van der Waals surface area contributed by atoms with Crippen molar-refractivity contribution in [1.82, 2.24) is 15.1 Å². The number of amides is 1. The van der Waals surface area contributed by atoms with E-state index in [9.17, 15) is 18.8 Å². The van der Waals surface area contributed by atoms with E-state index >= 15 is 0 Å². The van der Waals surface area contributed by atoms with Crippen molar-refractivity contribution in [2.75, 3.05) is 0 Å². The number of nitrogens with zero attached hydrogens (tertiary/aromatic N) is 1. The summed E-state index contributed by atoms with van der Waals surface area (Å²) in [6.45, 7) is 5.81. The van der Waals surface area contributed by atoms with E-state index < -0.39 is 17.0 Å². The van der Waals surface area contributed by atoms with Crippen molar-refractivity contribution in [3.8, 4) is 0 Å². The largest absolute Gasteiger partial charge is 0.348 e. The first-order valence-corrected chi connectivity index (χ1v) is 9.41. The van der Waals surface area contributed by atoms with E-state index in [-0.39, 0.29) is 34.6 Å². The van der Waals surface area contributed by atoms with Crippen molar-refractivity contribution in [3.05, 3.63) is 80.6 Å². The Bertz CT molecular complexity index is 1140.